The first-order valence-corrected chi connectivity index (χ1v) is 28.4. The van der Waals surface area contributed by atoms with E-state index in [0.717, 1.165) is 63.7 Å². The lowest BCUT2D eigenvalue weighted by atomic mass is 10.0. The summed E-state index contributed by atoms with van der Waals surface area (Å²) in [5.74, 6) is -0.0805. The monoisotopic (exact) mass is 891 g/mol. The third kappa shape index (κ3) is 51.3. The topological polar surface area (TPSA) is 78.9 Å². The molecule has 0 heterocycles. The molecule has 63 heavy (non-hydrogen) atoms. The molecule has 0 aromatic heterocycles. The van der Waals surface area contributed by atoms with Gasteiger partial charge in [0.2, 0.25) is 0 Å². The first-order valence-electron chi connectivity index (χ1n) is 28.4. The van der Waals surface area contributed by atoms with E-state index in [9.17, 15) is 14.4 Å². The predicted molar refractivity (Wildman–Crippen MR) is 270 cm³/mol. The minimum atomic E-state index is -0.762. The van der Waals surface area contributed by atoms with Gasteiger partial charge in [0.25, 0.3) is 0 Å². The second-order valence-electron chi connectivity index (χ2n) is 20.1. The number of carbonyl (C=O) groups is 3. The molecule has 0 aromatic carbocycles. The quantitative estimate of drug-likeness (QED) is 0.0344. The highest BCUT2D eigenvalue weighted by molar-refractivity contribution is 5.71. The van der Waals surface area contributed by atoms with Gasteiger partial charge in [-0.3, -0.25) is 14.4 Å². The number of unbranched alkanes of at least 4 members (excludes halogenated alkanes) is 39. The average molecular weight is 892 g/mol. The summed E-state index contributed by atoms with van der Waals surface area (Å²) in [5.41, 5.74) is 0. The van der Waals surface area contributed by atoms with Gasteiger partial charge in [0, 0.05) is 19.3 Å². The third-order valence-corrected chi connectivity index (χ3v) is 13.0. The first-order chi connectivity index (χ1) is 30.9. The Balaban J connectivity index is 4.21. The molecule has 0 aromatic rings. The molecule has 0 aliphatic carbocycles. The molecule has 0 spiro atoms. The van der Waals surface area contributed by atoms with Crippen LogP contribution < -0.4 is 0 Å². The normalized spacial score (nSPS) is 12.0. The van der Waals surface area contributed by atoms with Crippen molar-refractivity contribution in [1.82, 2.24) is 0 Å². The maximum atomic E-state index is 12.8. The third-order valence-electron chi connectivity index (χ3n) is 13.0. The fourth-order valence-electron chi connectivity index (χ4n) is 8.75. The Morgan fingerprint density at radius 1 is 0.302 bits per heavy atom. The van der Waals surface area contributed by atoms with Gasteiger partial charge in [-0.15, -0.1) is 0 Å². The van der Waals surface area contributed by atoms with Crippen LogP contribution >= 0.6 is 0 Å². The Kier molecular flexibility index (Phi) is 50.1. The lowest BCUT2D eigenvalue weighted by Crippen LogP contribution is -2.30. The van der Waals surface area contributed by atoms with Crippen LogP contribution in [-0.4, -0.2) is 37.2 Å². The Hall–Kier alpha value is -1.59. The van der Waals surface area contributed by atoms with Crippen LogP contribution in [0.25, 0.3) is 0 Å². The maximum Gasteiger partial charge on any atom is 0.306 e. The van der Waals surface area contributed by atoms with Crippen LogP contribution in [0.3, 0.4) is 0 Å². The van der Waals surface area contributed by atoms with E-state index in [4.69, 9.17) is 14.2 Å². The molecular weight excluding hydrogens is 781 g/mol. The van der Waals surface area contributed by atoms with E-state index in [0.29, 0.717) is 19.3 Å². The Bertz CT molecular complexity index is 949. The van der Waals surface area contributed by atoms with E-state index in [1.54, 1.807) is 0 Å². The molecule has 1 atom stereocenters. The van der Waals surface area contributed by atoms with Gasteiger partial charge in [-0.05, 0) is 25.2 Å². The smallest absolute Gasteiger partial charge is 0.306 e. The Morgan fingerprint density at radius 3 is 0.778 bits per heavy atom. The van der Waals surface area contributed by atoms with Gasteiger partial charge in [-0.1, -0.05) is 285 Å². The van der Waals surface area contributed by atoms with Gasteiger partial charge in [0.15, 0.2) is 6.10 Å². The van der Waals surface area contributed by atoms with E-state index >= 15 is 0 Å². The highest BCUT2D eigenvalue weighted by Gasteiger charge is 2.19. The molecule has 0 amide bonds. The molecule has 0 bridgehead atoms. The first kappa shape index (κ1) is 61.4. The summed E-state index contributed by atoms with van der Waals surface area (Å²) >= 11 is 0. The van der Waals surface area contributed by atoms with Crippen LogP contribution in [0.2, 0.25) is 0 Å². The molecule has 0 aliphatic rings. The summed E-state index contributed by atoms with van der Waals surface area (Å²) in [6.07, 6.45) is 55.4. The van der Waals surface area contributed by atoms with Crippen molar-refractivity contribution in [2.45, 2.75) is 329 Å². The van der Waals surface area contributed by atoms with Crippen LogP contribution in [0.15, 0.2) is 0 Å². The van der Waals surface area contributed by atoms with Gasteiger partial charge in [-0.25, -0.2) is 0 Å². The van der Waals surface area contributed by atoms with Crippen LogP contribution in [0.4, 0.5) is 0 Å². The minimum absolute atomic E-state index is 0.0631. The molecule has 0 unspecified atom stereocenters. The molecular formula is C57H110O6. The molecule has 0 saturated heterocycles. The van der Waals surface area contributed by atoms with Crippen molar-refractivity contribution >= 4 is 17.9 Å². The summed E-state index contributed by atoms with van der Waals surface area (Å²) < 4.78 is 16.8. The fourth-order valence-corrected chi connectivity index (χ4v) is 8.75. The summed E-state index contributed by atoms with van der Waals surface area (Å²) in [6, 6.07) is 0. The van der Waals surface area contributed by atoms with Crippen molar-refractivity contribution in [1.29, 1.82) is 0 Å². The largest absolute Gasteiger partial charge is 0.462 e. The van der Waals surface area contributed by atoms with Crippen molar-refractivity contribution in [3.63, 3.8) is 0 Å². The van der Waals surface area contributed by atoms with Crippen LogP contribution in [-0.2, 0) is 28.6 Å². The lowest BCUT2D eigenvalue weighted by Gasteiger charge is -2.18. The zero-order chi connectivity index (χ0) is 45.9. The molecule has 6 heteroatoms. The van der Waals surface area contributed by atoms with Crippen molar-refractivity contribution in [2.75, 3.05) is 13.2 Å². The standard InChI is InChI=1S/C57H110O6/c1-5-7-9-11-13-15-17-19-21-23-24-26-28-30-32-34-36-42-46-50-57(60)63-54(52-62-56(59)49-45-41-38-37-39-43-47-53(3)4)51-61-55(58)48-44-40-35-33-31-29-27-25-22-20-18-16-14-12-10-8-6-2/h53-54H,5-52H2,1-4H3/t54-/m0/s1. The number of hydrogen-bond acceptors (Lipinski definition) is 6. The van der Waals surface area contributed by atoms with Crippen molar-refractivity contribution in [3.05, 3.63) is 0 Å². The zero-order valence-electron chi connectivity index (χ0n) is 43.0. The summed E-state index contributed by atoms with van der Waals surface area (Å²) in [7, 11) is 0. The van der Waals surface area contributed by atoms with Crippen LogP contribution in [0.1, 0.15) is 323 Å². The minimum Gasteiger partial charge on any atom is -0.462 e. The summed E-state index contributed by atoms with van der Waals surface area (Å²) in [4.78, 5) is 38.0. The fraction of sp³-hybridized carbons (Fsp3) is 0.947. The summed E-state index contributed by atoms with van der Waals surface area (Å²) in [5, 5.41) is 0. The molecule has 0 aliphatic heterocycles. The molecule has 374 valence electrons. The number of rotatable bonds is 52. The zero-order valence-corrected chi connectivity index (χ0v) is 43.0. The molecule has 0 radical (unpaired) electrons. The Morgan fingerprint density at radius 2 is 0.524 bits per heavy atom. The van der Waals surface area contributed by atoms with E-state index in [1.165, 1.54) is 218 Å². The van der Waals surface area contributed by atoms with Gasteiger partial charge in [-0.2, -0.15) is 0 Å². The molecule has 0 N–H and O–H groups in total. The van der Waals surface area contributed by atoms with Gasteiger partial charge >= 0.3 is 17.9 Å². The number of esters is 3. The van der Waals surface area contributed by atoms with E-state index < -0.39 is 6.10 Å². The Labute approximate surface area is 393 Å². The molecule has 0 saturated carbocycles. The van der Waals surface area contributed by atoms with Gasteiger partial charge in [0.1, 0.15) is 13.2 Å². The van der Waals surface area contributed by atoms with E-state index in [1.807, 2.05) is 0 Å². The second-order valence-corrected chi connectivity index (χ2v) is 20.1. The van der Waals surface area contributed by atoms with Crippen molar-refractivity contribution in [2.24, 2.45) is 5.92 Å². The molecule has 0 fully saturated rings. The van der Waals surface area contributed by atoms with Gasteiger partial charge < -0.3 is 14.2 Å². The number of carbonyl (C=O) groups excluding carboxylic acids is 3. The lowest BCUT2D eigenvalue weighted by molar-refractivity contribution is -0.167. The van der Waals surface area contributed by atoms with Crippen molar-refractivity contribution < 1.29 is 28.6 Å². The number of ether oxygens (including phenoxy) is 3. The van der Waals surface area contributed by atoms with Crippen molar-refractivity contribution in [3.8, 4) is 0 Å². The highest BCUT2D eigenvalue weighted by atomic mass is 16.6. The second kappa shape index (κ2) is 51.4. The van der Waals surface area contributed by atoms with Gasteiger partial charge in [0.05, 0.1) is 0 Å². The molecule has 6 nitrogen and oxygen atoms in total. The van der Waals surface area contributed by atoms with Crippen LogP contribution in [0, 0.1) is 5.92 Å². The van der Waals surface area contributed by atoms with E-state index in [2.05, 4.69) is 27.7 Å². The SMILES string of the molecule is CCCCCCCCCCCCCCCCCCCCCC(=O)O[C@@H](COC(=O)CCCCCCCCCCCCCCCCCCC)COC(=O)CCCCCCCCC(C)C. The van der Waals surface area contributed by atoms with E-state index in [-0.39, 0.29) is 31.1 Å². The molecule has 0 rings (SSSR count). The maximum absolute atomic E-state index is 12.8. The van der Waals surface area contributed by atoms with Crippen LogP contribution in [0.5, 0.6) is 0 Å². The number of hydrogen-bond donors (Lipinski definition) is 0. The summed E-state index contributed by atoms with van der Waals surface area (Å²) in [6.45, 7) is 8.98. The predicted octanol–water partition coefficient (Wildman–Crippen LogP) is 18.6. The highest BCUT2D eigenvalue weighted by Crippen LogP contribution is 2.18. The average Bonchev–Trinajstić information content (AvgIpc) is 3.27.